The highest BCUT2D eigenvalue weighted by Gasteiger charge is 2.21. The highest BCUT2D eigenvalue weighted by atomic mass is 19.1. The maximum Gasteiger partial charge on any atom is 0.263 e. The molecule has 7 heteroatoms. The van der Waals surface area contributed by atoms with Gasteiger partial charge in [0.15, 0.2) is 23.5 Å². The van der Waals surface area contributed by atoms with Crippen LogP contribution < -0.4 is 4.74 Å². The van der Waals surface area contributed by atoms with Crippen LogP contribution in [0.3, 0.4) is 0 Å². The number of halogens is 1. The highest BCUT2D eigenvalue weighted by Crippen LogP contribution is 2.17. The number of aromatic amines is 1. The molecule has 1 N–H and O–H groups in total. The first-order valence-electron chi connectivity index (χ1n) is 6.51. The fourth-order valence-electron chi connectivity index (χ4n) is 1.84. The summed E-state index contributed by atoms with van der Waals surface area (Å²) in [7, 11) is 1.62. The number of rotatable bonds is 5. The minimum absolute atomic E-state index is 0.0560. The number of nitrogens with zero attached hydrogens (tertiary/aromatic N) is 3. The van der Waals surface area contributed by atoms with Gasteiger partial charge in [0.2, 0.25) is 0 Å². The summed E-state index contributed by atoms with van der Waals surface area (Å²) in [5.41, 5.74) is 0. The van der Waals surface area contributed by atoms with Gasteiger partial charge in [0, 0.05) is 7.05 Å². The van der Waals surface area contributed by atoms with Crippen LogP contribution in [0, 0.1) is 12.7 Å². The number of H-pyrrole nitrogens is 1. The third-order valence-corrected chi connectivity index (χ3v) is 2.89. The first-order chi connectivity index (χ1) is 9.97. The summed E-state index contributed by atoms with van der Waals surface area (Å²) in [6.07, 6.45) is -0.799. The van der Waals surface area contributed by atoms with Crippen molar-refractivity contribution in [2.75, 3.05) is 7.05 Å². The van der Waals surface area contributed by atoms with Crippen molar-refractivity contribution in [3.8, 4) is 5.75 Å². The number of nitrogens with one attached hydrogen (secondary N) is 1. The van der Waals surface area contributed by atoms with Crippen molar-refractivity contribution in [1.82, 2.24) is 20.1 Å². The van der Waals surface area contributed by atoms with Gasteiger partial charge in [0.05, 0.1) is 6.54 Å². The molecular weight excluding hydrogens is 275 g/mol. The largest absolute Gasteiger partial charge is 0.478 e. The number of aromatic nitrogens is 3. The molecule has 6 nitrogen and oxygen atoms in total. The van der Waals surface area contributed by atoms with Crippen LogP contribution in [0.15, 0.2) is 24.3 Å². The maximum absolute atomic E-state index is 13.5. The minimum atomic E-state index is -0.799. The molecule has 0 aliphatic rings. The van der Waals surface area contributed by atoms with Gasteiger partial charge in [-0.1, -0.05) is 12.1 Å². The van der Waals surface area contributed by atoms with Crippen LogP contribution in [-0.2, 0) is 11.3 Å². The Hall–Kier alpha value is -2.44. The summed E-state index contributed by atoms with van der Waals surface area (Å²) in [4.78, 5) is 17.8. The third kappa shape index (κ3) is 3.77. The van der Waals surface area contributed by atoms with E-state index in [2.05, 4.69) is 15.2 Å². The molecule has 0 aliphatic carbocycles. The number of carbonyl (C=O) groups excluding carboxylic acids is 1. The lowest BCUT2D eigenvalue weighted by atomic mass is 10.3. The Bertz CT molecular complexity index is 629. The Morgan fingerprint density at radius 3 is 2.81 bits per heavy atom. The average molecular weight is 292 g/mol. The zero-order valence-corrected chi connectivity index (χ0v) is 12.1. The molecule has 21 heavy (non-hydrogen) atoms. The molecule has 0 bridgehead atoms. The molecule has 1 aromatic heterocycles. The Balaban J connectivity index is 1.97. The maximum atomic E-state index is 13.5. The molecule has 1 unspecified atom stereocenters. The SMILES string of the molecule is Cc1nc(CN(C)C(=O)C(C)Oc2ccccc2F)n[nH]1. The zero-order valence-electron chi connectivity index (χ0n) is 12.1. The first kappa shape index (κ1) is 15.0. The van der Waals surface area contributed by atoms with Crippen LogP contribution in [0.4, 0.5) is 4.39 Å². The summed E-state index contributed by atoms with van der Waals surface area (Å²) in [5, 5.41) is 6.67. The molecule has 1 amide bonds. The molecule has 1 heterocycles. The van der Waals surface area contributed by atoms with E-state index in [9.17, 15) is 9.18 Å². The number of hydrogen-bond donors (Lipinski definition) is 1. The molecule has 0 saturated heterocycles. The van der Waals surface area contributed by atoms with Gasteiger partial charge >= 0.3 is 0 Å². The fraction of sp³-hybridized carbons (Fsp3) is 0.357. The molecule has 2 aromatic rings. The van der Waals surface area contributed by atoms with Gasteiger partial charge < -0.3 is 9.64 Å². The molecule has 0 fully saturated rings. The Morgan fingerprint density at radius 1 is 1.48 bits per heavy atom. The van der Waals surface area contributed by atoms with Gasteiger partial charge in [0.25, 0.3) is 5.91 Å². The average Bonchev–Trinajstić information content (AvgIpc) is 2.85. The predicted molar refractivity (Wildman–Crippen MR) is 74.1 cm³/mol. The van der Waals surface area contributed by atoms with Crippen LogP contribution >= 0.6 is 0 Å². The Kier molecular flexibility index (Phi) is 4.52. The lowest BCUT2D eigenvalue weighted by molar-refractivity contribution is -0.137. The predicted octanol–water partition coefficient (Wildman–Crippen LogP) is 1.68. The van der Waals surface area contributed by atoms with Gasteiger partial charge in [-0.15, -0.1) is 0 Å². The number of para-hydroxylation sites is 1. The lowest BCUT2D eigenvalue weighted by Gasteiger charge is -2.21. The van der Waals surface area contributed by atoms with Gasteiger partial charge in [-0.25, -0.2) is 9.37 Å². The van der Waals surface area contributed by atoms with E-state index in [1.54, 1.807) is 33.0 Å². The van der Waals surface area contributed by atoms with E-state index in [0.29, 0.717) is 11.6 Å². The number of amides is 1. The summed E-state index contributed by atoms with van der Waals surface area (Å²) in [6.45, 7) is 3.62. The number of hydrogen-bond acceptors (Lipinski definition) is 4. The van der Waals surface area contributed by atoms with Gasteiger partial charge in [-0.2, -0.15) is 5.10 Å². The van der Waals surface area contributed by atoms with E-state index in [1.807, 2.05) is 0 Å². The smallest absolute Gasteiger partial charge is 0.263 e. The van der Waals surface area contributed by atoms with Gasteiger partial charge in [-0.05, 0) is 26.0 Å². The molecular formula is C14H17FN4O2. The quantitative estimate of drug-likeness (QED) is 0.910. The zero-order chi connectivity index (χ0) is 15.4. The second-order valence-corrected chi connectivity index (χ2v) is 4.72. The molecule has 112 valence electrons. The number of carbonyl (C=O) groups is 1. The summed E-state index contributed by atoms with van der Waals surface area (Å²) >= 11 is 0. The van der Waals surface area contributed by atoms with Crippen molar-refractivity contribution in [2.24, 2.45) is 0 Å². The van der Waals surface area contributed by atoms with Gasteiger partial charge in [-0.3, -0.25) is 9.89 Å². The molecule has 0 radical (unpaired) electrons. The molecule has 1 aromatic carbocycles. The van der Waals surface area contributed by atoms with Crippen LogP contribution in [0.5, 0.6) is 5.75 Å². The van der Waals surface area contributed by atoms with E-state index in [-0.39, 0.29) is 18.2 Å². The molecule has 1 atom stereocenters. The number of aryl methyl sites for hydroxylation is 1. The lowest BCUT2D eigenvalue weighted by Crippen LogP contribution is -2.37. The summed E-state index contributed by atoms with van der Waals surface area (Å²) < 4.78 is 18.8. The van der Waals surface area contributed by atoms with Crippen LogP contribution in [-0.4, -0.2) is 39.1 Å². The number of ether oxygens (including phenoxy) is 1. The van der Waals surface area contributed by atoms with Crippen LogP contribution in [0.1, 0.15) is 18.6 Å². The van der Waals surface area contributed by atoms with E-state index in [1.165, 1.54) is 17.0 Å². The monoisotopic (exact) mass is 292 g/mol. The second kappa shape index (κ2) is 6.34. The molecule has 0 aliphatic heterocycles. The molecule has 2 rings (SSSR count). The van der Waals surface area contributed by atoms with Crippen molar-refractivity contribution in [3.63, 3.8) is 0 Å². The topological polar surface area (TPSA) is 71.1 Å². The third-order valence-electron chi connectivity index (χ3n) is 2.89. The van der Waals surface area contributed by atoms with Crippen molar-refractivity contribution in [3.05, 3.63) is 41.7 Å². The van der Waals surface area contributed by atoms with E-state index < -0.39 is 11.9 Å². The van der Waals surface area contributed by atoms with Crippen LogP contribution in [0.25, 0.3) is 0 Å². The minimum Gasteiger partial charge on any atom is -0.478 e. The standard InChI is InChI=1S/C14H17FN4O2/c1-9(21-12-7-5-4-6-11(12)15)14(20)19(3)8-13-16-10(2)17-18-13/h4-7,9H,8H2,1-3H3,(H,16,17,18). The van der Waals surface area contributed by atoms with Crippen molar-refractivity contribution >= 4 is 5.91 Å². The van der Waals surface area contributed by atoms with Gasteiger partial charge in [0.1, 0.15) is 5.82 Å². The fourth-order valence-corrected chi connectivity index (χ4v) is 1.84. The number of benzene rings is 1. The van der Waals surface area contributed by atoms with E-state index in [0.717, 1.165) is 0 Å². The Morgan fingerprint density at radius 2 is 2.19 bits per heavy atom. The second-order valence-electron chi connectivity index (χ2n) is 4.72. The molecule has 0 spiro atoms. The van der Waals surface area contributed by atoms with E-state index in [4.69, 9.17) is 4.74 Å². The summed E-state index contributed by atoms with van der Waals surface area (Å²) in [6, 6.07) is 5.98. The van der Waals surface area contributed by atoms with Crippen molar-refractivity contribution < 1.29 is 13.9 Å². The van der Waals surface area contributed by atoms with E-state index >= 15 is 0 Å². The van der Waals surface area contributed by atoms with Crippen LogP contribution in [0.2, 0.25) is 0 Å². The normalized spacial score (nSPS) is 12.0. The highest BCUT2D eigenvalue weighted by molar-refractivity contribution is 5.80. The first-order valence-corrected chi connectivity index (χ1v) is 6.51. The van der Waals surface area contributed by atoms with Crippen molar-refractivity contribution in [2.45, 2.75) is 26.5 Å². The summed E-state index contributed by atoms with van der Waals surface area (Å²) in [5.74, 6) is 0.480. The molecule has 0 saturated carbocycles. The Labute approximate surface area is 121 Å². The number of likely N-dealkylation sites (N-methyl/N-ethyl adjacent to an activating group) is 1. The van der Waals surface area contributed by atoms with Crippen molar-refractivity contribution in [1.29, 1.82) is 0 Å².